The van der Waals surface area contributed by atoms with Gasteiger partial charge in [0, 0.05) is 13.2 Å². The minimum absolute atomic E-state index is 0. The first-order valence-corrected chi connectivity index (χ1v) is 2.66. The summed E-state index contributed by atoms with van der Waals surface area (Å²) in [6.07, 6.45) is 2.01. The van der Waals surface area contributed by atoms with Crippen LogP contribution in [0.5, 0.6) is 0 Å². The quantitative estimate of drug-likeness (QED) is 0.492. The molecule has 0 radical (unpaired) electrons. The lowest BCUT2D eigenvalue weighted by atomic mass is 10.6. The number of aryl methyl sites for hydroxylation is 3. The lowest BCUT2D eigenvalue weighted by Gasteiger charge is -1.87. The predicted molar refractivity (Wildman–Crippen MR) is 36.3 cm³/mol. The molecule has 0 aliphatic carbocycles. The number of rotatable bonds is 0. The van der Waals surface area contributed by atoms with Crippen LogP contribution in [-0.4, -0.2) is 15.0 Å². The van der Waals surface area contributed by atoms with Crippen molar-refractivity contribution in [2.24, 2.45) is 7.05 Å². The average Bonchev–Trinajstić information content (AvgIpc) is 1.85. The first kappa shape index (κ1) is 8.17. The van der Waals surface area contributed by atoms with Gasteiger partial charge in [0.25, 0.3) is 0 Å². The fourth-order valence-corrected chi connectivity index (χ4v) is 0.737. The average molecular weight is 128 g/mol. The molecule has 0 amide bonds. The Balaban J connectivity index is 0.000000640. The van der Waals surface area contributed by atoms with Crippen LogP contribution in [0.1, 0.15) is 11.5 Å². The largest absolute Gasteiger partial charge is 0.412 e. The van der Waals surface area contributed by atoms with E-state index >= 15 is 0 Å². The molecule has 3 nitrogen and oxygen atoms in total. The van der Waals surface area contributed by atoms with Crippen molar-refractivity contribution in [3.63, 3.8) is 0 Å². The van der Waals surface area contributed by atoms with E-state index in [0.717, 1.165) is 11.5 Å². The Labute approximate surface area is 54.6 Å². The lowest BCUT2D eigenvalue weighted by molar-refractivity contribution is 0.824. The summed E-state index contributed by atoms with van der Waals surface area (Å²) >= 11 is 0. The number of hydrogen-bond donors (Lipinski definition) is 0. The van der Waals surface area contributed by atoms with Crippen LogP contribution in [-0.2, 0) is 7.05 Å². The van der Waals surface area contributed by atoms with Gasteiger partial charge in [-0.25, -0.2) is 4.98 Å². The van der Waals surface area contributed by atoms with E-state index < -0.39 is 0 Å². The zero-order valence-electron chi connectivity index (χ0n) is 5.97. The highest BCUT2D eigenvalue weighted by molar-refractivity contribution is 4.98. The van der Waals surface area contributed by atoms with Crippen molar-refractivity contribution >= 4 is 0 Å². The number of aromatic nitrogens is 2. The second-order valence-corrected chi connectivity index (χ2v) is 2.04. The van der Waals surface area contributed by atoms with Crippen LogP contribution in [0.2, 0.25) is 0 Å². The van der Waals surface area contributed by atoms with Crippen LogP contribution in [0.15, 0.2) is 6.20 Å². The van der Waals surface area contributed by atoms with Gasteiger partial charge in [-0.1, -0.05) is 0 Å². The summed E-state index contributed by atoms with van der Waals surface area (Å²) in [6, 6.07) is 0. The van der Waals surface area contributed by atoms with E-state index in [-0.39, 0.29) is 5.48 Å². The Kier molecular flexibility index (Phi) is 2.40. The van der Waals surface area contributed by atoms with E-state index in [1.807, 2.05) is 31.7 Å². The van der Waals surface area contributed by atoms with Gasteiger partial charge in [0.2, 0.25) is 0 Å². The van der Waals surface area contributed by atoms with Crippen molar-refractivity contribution in [3.8, 4) is 0 Å². The molecule has 0 bridgehead atoms. The minimum atomic E-state index is 0. The molecule has 0 spiro atoms. The topological polar surface area (TPSA) is 49.3 Å². The molecule has 3 heteroatoms. The predicted octanol–water partition coefficient (Wildman–Crippen LogP) is 0.212. The Morgan fingerprint density at radius 2 is 2.00 bits per heavy atom. The molecule has 1 heterocycles. The Morgan fingerprint density at radius 1 is 1.44 bits per heavy atom. The van der Waals surface area contributed by atoms with Gasteiger partial charge in [0.05, 0.1) is 5.69 Å². The van der Waals surface area contributed by atoms with Gasteiger partial charge in [0.1, 0.15) is 5.82 Å². The Hall–Kier alpha value is -0.830. The monoisotopic (exact) mass is 128 g/mol. The molecule has 9 heavy (non-hydrogen) atoms. The third-order valence-corrected chi connectivity index (χ3v) is 1.23. The van der Waals surface area contributed by atoms with E-state index in [1.54, 1.807) is 0 Å². The second-order valence-electron chi connectivity index (χ2n) is 2.04. The maximum absolute atomic E-state index is 4.17. The summed E-state index contributed by atoms with van der Waals surface area (Å²) in [5, 5.41) is 0. The van der Waals surface area contributed by atoms with Gasteiger partial charge in [0.15, 0.2) is 0 Å². The van der Waals surface area contributed by atoms with Crippen molar-refractivity contribution in [1.82, 2.24) is 9.55 Å². The standard InChI is InChI=1S/C6H10N2.H2O/c1-5-4-8(3)6(2)7-5;/h4H,1-3H3;1H2. The van der Waals surface area contributed by atoms with E-state index in [2.05, 4.69) is 4.98 Å². The van der Waals surface area contributed by atoms with Gasteiger partial charge >= 0.3 is 0 Å². The van der Waals surface area contributed by atoms with Crippen LogP contribution in [0.3, 0.4) is 0 Å². The lowest BCUT2D eigenvalue weighted by Crippen LogP contribution is -1.86. The third-order valence-electron chi connectivity index (χ3n) is 1.23. The maximum atomic E-state index is 4.17. The zero-order chi connectivity index (χ0) is 6.15. The molecule has 0 aliphatic heterocycles. The van der Waals surface area contributed by atoms with Crippen molar-refractivity contribution in [3.05, 3.63) is 17.7 Å². The maximum Gasteiger partial charge on any atom is 0.105 e. The Morgan fingerprint density at radius 3 is 2.11 bits per heavy atom. The first-order valence-electron chi connectivity index (χ1n) is 2.66. The first-order chi connectivity index (χ1) is 3.70. The molecule has 2 N–H and O–H groups in total. The van der Waals surface area contributed by atoms with Crippen LogP contribution in [0.25, 0.3) is 0 Å². The number of hydrogen-bond acceptors (Lipinski definition) is 1. The van der Waals surface area contributed by atoms with Crippen molar-refractivity contribution in [2.75, 3.05) is 0 Å². The summed E-state index contributed by atoms with van der Waals surface area (Å²) < 4.78 is 2.01. The highest BCUT2D eigenvalue weighted by Crippen LogP contribution is 1.95. The van der Waals surface area contributed by atoms with Crippen LogP contribution in [0, 0.1) is 13.8 Å². The normalized spacial score (nSPS) is 8.78. The molecule has 1 rings (SSSR count). The molecule has 52 valence electrons. The van der Waals surface area contributed by atoms with E-state index in [1.165, 1.54) is 0 Å². The fraction of sp³-hybridized carbons (Fsp3) is 0.500. The van der Waals surface area contributed by atoms with Crippen LogP contribution in [0.4, 0.5) is 0 Å². The number of nitrogens with zero attached hydrogens (tertiary/aromatic N) is 2. The summed E-state index contributed by atoms with van der Waals surface area (Å²) in [5.41, 5.74) is 1.09. The molecular weight excluding hydrogens is 116 g/mol. The molecule has 1 aromatic heterocycles. The van der Waals surface area contributed by atoms with Gasteiger partial charge in [-0.2, -0.15) is 0 Å². The minimum Gasteiger partial charge on any atom is -0.412 e. The fourth-order valence-electron chi connectivity index (χ4n) is 0.737. The highest BCUT2D eigenvalue weighted by atomic mass is 16.0. The smallest absolute Gasteiger partial charge is 0.105 e. The molecule has 0 fully saturated rings. The van der Waals surface area contributed by atoms with Gasteiger partial charge in [-0.15, -0.1) is 0 Å². The molecule has 0 aliphatic rings. The second kappa shape index (κ2) is 2.64. The third kappa shape index (κ3) is 1.54. The summed E-state index contributed by atoms with van der Waals surface area (Å²) in [5.74, 6) is 1.07. The van der Waals surface area contributed by atoms with Crippen molar-refractivity contribution < 1.29 is 5.48 Å². The van der Waals surface area contributed by atoms with Crippen LogP contribution >= 0.6 is 0 Å². The molecule has 0 saturated carbocycles. The molecule has 1 aromatic rings. The Bertz CT molecular complexity index is 173. The van der Waals surface area contributed by atoms with Crippen molar-refractivity contribution in [1.29, 1.82) is 0 Å². The molecule has 0 saturated heterocycles. The van der Waals surface area contributed by atoms with E-state index in [0.29, 0.717) is 0 Å². The zero-order valence-corrected chi connectivity index (χ0v) is 5.97. The summed E-state index contributed by atoms with van der Waals surface area (Å²) in [7, 11) is 2.00. The van der Waals surface area contributed by atoms with Crippen LogP contribution < -0.4 is 0 Å². The SMILES string of the molecule is Cc1cn(C)c(C)n1.O. The van der Waals surface area contributed by atoms with E-state index in [4.69, 9.17) is 0 Å². The molecule has 0 unspecified atom stereocenters. The molecular formula is C6H12N2O. The summed E-state index contributed by atoms with van der Waals surface area (Å²) in [4.78, 5) is 4.17. The summed E-state index contributed by atoms with van der Waals surface area (Å²) in [6.45, 7) is 3.99. The van der Waals surface area contributed by atoms with Gasteiger partial charge in [-0.3, -0.25) is 0 Å². The van der Waals surface area contributed by atoms with E-state index in [9.17, 15) is 0 Å². The highest BCUT2D eigenvalue weighted by Gasteiger charge is 1.91. The number of imidazole rings is 1. The molecule has 0 aromatic carbocycles. The van der Waals surface area contributed by atoms with Gasteiger partial charge in [-0.05, 0) is 13.8 Å². The van der Waals surface area contributed by atoms with Gasteiger partial charge < -0.3 is 10.0 Å². The van der Waals surface area contributed by atoms with Crippen molar-refractivity contribution in [2.45, 2.75) is 13.8 Å². The molecule has 0 atom stereocenters.